The fourth-order valence-corrected chi connectivity index (χ4v) is 2.06. The summed E-state index contributed by atoms with van der Waals surface area (Å²) >= 11 is 0. The van der Waals surface area contributed by atoms with Gasteiger partial charge >= 0.3 is 0 Å². The van der Waals surface area contributed by atoms with E-state index in [1.54, 1.807) is 36.5 Å². The molecule has 6 heteroatoms. The summed E-state index contributed by atoms with van der Waals surface area (Å²) in [5.41, 5.74) is 13.0. The lowest BCUT2D eigenvalue weighted by Gasteiger charge is -2.09. The van der Waals surface area contributed by atoms with Crippen LogP contribution in [0.5, 0.6) is 0 Å². The maximum Gasteiger partial charge on any atom is 0.272 e. The number of nitrogen functional groups attached to an aromatic ring is 1. The van der Waals surface area contributed by atoms with Gasteiger partial charge < -0.3 is 21.4 Å². The van der Waals surface area contributed by atoms with E-state index in [1.165, 1.54) is 0 Å². The second-order valence-corrected chi connectivity index (χ2v) is 4.75. The third kappa shape index (κ3) is 3.42. The molecule has 0 fully saturated rings. The van der Waals surface area contributed by atoms with Gasteiger partial charge in [-0.05, 0) is 36.8 Å². The van der Waals surface area contributed by atoms with Crippen LogP contribution in [0.4, 0.5) is 11.4 Å². The van der Waals surface area contributed by atoms with Crippen molar-refractivity contribution in [2.75, 3.05) is 11.1 Å². The minimum Gasteiger partial charge on any atom is -0.397 e. The molecule has 21 heavy (non-hydrogen) atoms. The summed E-state index contributed by atoms with van der Waals surface area (Å²) in [4.78, 5) is 23.3. The van der Waals surface area contributed by atoms with Crippen LogP contribution in [-0.2, 0) is 6.54 Å². The number of primary amides is 1. The Balaban J connectivity index is 2.15. The normalized spacial score (nSPS) is 10.3. The topological polar surface area (TPSA) is 103 Å². The van der Waals surface area contributed by atoms with Crippen LogP contribution in [-0.4, -0.2) is 16.4 Å². The van der Waals surface area contributed by atoms with E-state index in [2.05, 4.69) is 5.32 Å². The zero-order valence-electron chi connectivity index (χ0n) is 11.8. The minimum atomic E-state index is -0.502. The highest BCUT2D eigenvalue weighted by Gasteiger charge is 2.13. The third-order valence-electron chi connectivity index (χ3n) is 3.04. The van der Waals surface area contributed by atoms with Crippen LogP contribution < -0.4 is 16.8 Å². The molecule has 0 saturated carbocycles. The first kappa shape index (κ1) is 14.6. The van der Waals surface area contributed by atoms with Gasteiger partial charge in [0.05, 0.1) is 5.69 Å². The summed E-state index contributed by atoms with van der Waals surface area (Å²) < 4.78 is 1.82. The standard InChI is InChI=1S/C15H18N4O2/c1-2-7-19-9-11(16)8-13(19)15(21)18-12-5-3-10(4-6-12)14(17)20/h3-6,8-9H,2,7,16H2,1H3,(H2,17,20)(H,18,21). The summed E-state index contributed by atoms with van der Waals surface area (Å²) in [7, 11) is 0. The molecule has 0 aliphatic carbocycles. The van der Waals surface area contributed by atoms with Crippen LogP contribution in [0, 0.1) is 0 Å². The van der Waals surface area contributed by atoms with Gasteiger partial charge in [0.25, 0.3) is 5.91 Å². The molecule has 1 heterocycles. The van der Waals surface area contributed by atoms with E-state index >= 15 is 0 Å². The van der Waals surface area contributed by atoms with Crippen LogP contribution >= 0.6 is 0 Å². The highest BCUT2D eigenvalue weighted by Crippen LogP contribution is 2.15. The van der Waals surface area contributed by atoms with Gasteiger partial charge in [0.15, 0.2) is 0 Å². The number of carbonyl (C=O) groups excluding carboxylic acids is 2. The Labute approximate surface area is 122 Å². The maximum absolute atomic E-state index is 12.3. The summed E-state index contributed by atoms with van der Waals surface area (Å²) in [5, 5.41) is 2.77. The molecular formula is C15H18N4O2. The number of hydrogen-bond acceptors (Lipinski definition) is 3. The molecule has 1 aromatic carbocycles. The van der Waals surface area contributed by atoms with Crippen molar-refractivity contribution in [1.82, 2.24) is 4.57 Å². The molecule has 0 spiro atoms. The number of nitrogens with zero attached hydrogens (tertiary/aromatic N) is 1. The van der Waals surface area contributed by atoms with Gasteiger partial charge in [0, 0.05) is 24.0 Å². The Hall–Kier alpha value is -2.76. The molecule has 0 atom stereocenters. The van der Waals surface area contributed by atoms with Crippen LogP contribution in [0.3, 0.4) is 0 Å². The first-order chi connectivity index (χ1) is 10.0. The largest absolute Gasteiger partial charge is 0.397 e. The molecule has 1 aromatic heterocycles. The van der Waals surface area contributed by atoms with Crippen molar-refractivity contribution in [3.8, 4) is 0 Å². The fourth-order valence-electron chi connectivity index (χ4n) is 2.06. The first-order valence-electron chi connectivity index (χ1n) is 6.68. The SMILES string of the molecule is CCCn1cc(N)cc1C(=O)Nc1ccc(C(N)=O)cc1. The highest BCUT2D eigenvalue weighted by molar-refractivity contribution is 6.04. The van der Waals surface area contributed by atoms with Gasteiger partial charge in [-0.15, -0.1) is 0 Å². The lowest BCUT2D eigenvalue weighted by atomic mass is 10.2. The molecule has 5 N–H and O–H groups in total. The lowest BCUT2D eigenvalue weighted by molar-refractivity contribution is 0.0997. The number of aromatic nitrogens is 1. The van der Waals surface area contributed by atoms with Gasteiger partial charge in [0.2, 0.25) is 5.91 Å². The van der Waals surface area contributed by atoms with E-state index in [0.29, 0.717) is 22.6 Å². The molecular weight excluding hydrogens is 268 g/mol. The van der Waals surface area contributed by atoms with Crippen molar-refractivity contribution in [3.05, 3.63) is 47.8 Å². The number of amides is 2. The fraction of sp³-hybridized carbons (Fsp3) is 0.200. The average molecular weight is 286 g/mol. The zero-order chi connectivity index (χ0) is 15.4. The van der Waals surface area contributed by atoms with E-state index in [-0.39, 0.29) is 5.91 Å². The Morgan fingerprint density at radius 1 is 1.24 bits per heavy atom. The molecule has 2 aromatic rings. The summed E-state index contributed by atoms with van der Waals surface area (Å²) in [6.07, 6.45) is 2.65. The predicted molar refractivity (Wildman–Crippen MR) is 82.0 cm³/mol. The lowest BCUT2D eigenvalue weighted by Crippen LogP contribution is -2.17. The monoisotopic (exact) mass is 286 g/mol. The third-order valence-corrected chi connectivity index (χ3v) is 3.04. The quantitative estimate of drug-likeness (QED) is 0.781. The Bertz CT molecular complexity index is 659. The Morgan fingerprint density at radius 3 is 2.48 bits per heavy atom. The molecule has 2 amide bonds. The minimum absolute atomic E-state index is 0.244. The summed E-state index contributed by atoms with van der Waals surface area (Å²) in [6.45, 7) is 2.75. The smallest absolute Gasteiger partial charge is 0.272 e. The average Bonchev–Trinajstić information content (AvgIpc) is 2.81. The molecule has 0 aliphatic rings. The van der Waals surface area contributed by atoms with Crippen LogP contribution in [0.2, 0.25) is 0 Å². The first-order valence-corrected chi connectivity index (χ1v) is 6.68. The Morgan fingerprint density at radius 2 is 1.90 bits per heavy atom. The van der Waals surface area contributed by atoms with E-state index in [9.17, 15) is 9.59 Å². The van der Waals surface area contributed by atoms with Crippen LogP contribution in [0.1, 0.15) is 34.2 Å². The zero-order valence-corrected chi connectivity index (χ0v) is 11.8. The second-order valence-electron chi connectivity index (χ2n) is 4.75. The number of aryl methyl sites for hydroxylation is 1. The maximum atomic E-state index is 12.3. The number of nitrogens with one attached hydrogen (secondary N) is 1. The van der Waals surface area contributed by atoms with Crippen molar-refractivity contribution < 1.29 is 9.59 Å². The number of anilines is 2. The number of carbonyl (C=O) groups is 2. The predicted octanol–water partition coefficient (Wildman–Crippen LogP) is 1.83. The van der Waals surface area contributed by atoms with Crippen LogP contribution in [0.15, 0.2) is 36.5 Å². The van der Waals surface area contributed by atoms with E-state index < -0.39 is 5.91 Å². The molecule has 6 nitrogen and oxygen atoms in total. The molecule has 0 bridgehead atoms. The molecule has 0 aliphatic heterocycles. The summed E-state index contributed by atoms with van der Waals surface area (Å²) in [6, 6.07) is 8.04. The molecule has 2 rings (SSSR count). The van der Waals surface area contributed by atoms with E-state index in [4.69, 9.17) is 11.5 Å². The van der Waals surface area contributed by atoms with Gasteiger partial charge in [-0.25, -0.2) is 0 Å². The van der Waals surface area contributed by atoms with Gasteiger partial charge in [-0.2, -0.15) is 0 Å². The van der Waals surface area contributed by atoms with Crippen molar-refractivity contribution in [2.24, 2.45) is 5.73 Å². The Kier molecular flexibility index (Phi) is 4.27. The highest BCUT2D eigenvalue weighted by atomic mass is 16.2. The van der Waals surface area contributed by atoms with Crippen molar-refractivity contribution in [2.45, 2.75) is 19.9 Å². The van der Waals surface area contributed by atoms with Crippen molar-refractivity contribution >= 4 is 23.2 Å². The van der Waals surface area contributed by atoms with E-state index in [0.717, 1.165) is 13.0 Å². The molecule has 0 saturated heterocycles. The number of hydrogen-bond donors (Lipinski definition) is 3. The second kappa shape index (κ2) is 6.13. The number of nitrogens with two attached hydrogens (primary N) is 2. The molecule has 110 valence electrons. The molecule has 0 radical (unpaired) electrons. The van der Waals surface area contributed by atoms with Crippen molar-refractivity contribution in [3.63, 3.8) is 0 Å². The van der Waals surface area contributed by atoms with Gasteiger partial charge in [-0.1, -0.05) is 6.92 Å². The number of rotatable bonds is 5. The number of benzene rings is 1. The summed E-state index contributed by atoms with van der Waals surface area (Å²) in [5.74, 6) is -0.746. The van der Waals surface area contributed by atoms with Crippen molar-refractivity contribution in [1.29, 1.82) is 0 Å². The van der Waals surface area contributed by atoms with Gasteiger partial charge in [-0.3, -0.25) is 9.59 Å². The molecule has 0 unspecified atom stereocenters. The van der Waals surface area contributed by atoms with Gasteiger partial charge in [0.1, 0.15) is 5.69 Å². The van der Waals surface area contributed by atoms with Crippen LogP contribution in [0.25, 0.3) is 0 Å². The van der Waals surface area contributed by atoms with E-state index in [1.807, 2.05) is 11.5 Å².